The van der Waals surface area contributed by atoms with E-state index >= 15 is 0 Å². The van der Waals surface area contributed by atoms with Crippen molar-refractivity contribution >= 4 is 28.8 Å². The zero-order chi connectivity index (χ0) is 22.6. The summed E-state index contributed by atoms with van der Waals surface area (Å²) in [5.74, 6) is 0.729. The smallest absolute Gasteiger partial charge is 0.273 e. The van der Waals surface area contributed by atoms with Crippen LogP contribution in [0, 0.1) is 6.92 Å². The Balaban J connectivity index is 1.10. The van der Waals surface area contributed by atoms with Crippen LogP contribution in [-0.4, -0.2) is 39.9 Å². The van der Waals surface area contributed by atoms with Crippen LogP contribution in [-0.2, 0) is 12.3 Å². The first-order valence-corrected chi connectivity index (χ1v) is 12.1. The number of thioether (sulfide) groups is 1. The molecule has 5 rings (SSSR count). The first-order chi connectivity index (χ1) is 16.1. The van der Waals surface area contributed by atoms with E-state index < -0.39 is 0 Å². The third-order valence-corrected chi connectivity index (χ3v) is 6.61. The van der Waals surface area contributed by atoms with Gasteiger partial charge in [-0.25, -0.2) is 9.97 Å². The van der Waals surface area contributed by atoms with Gasteiger partial charge in [-0.15, -0.1) is 0 Å². The fourth-order valence-corrected chi connectivity index (χ4v) is 4.71. The van der Waals surface area contributed by atoms with Crippen LogP contribution in [0.3, 0.4) is 0 Å². The van der Waals surface area contributed by atoms with Gasteiger partial charge in [-0.2, -0.15) is 0 Å². The zero-order valence-corrected chi connectivity index (χ0v) is 19.3. The number of amides is 1. The summed E-state index contributed by atoms with van der Waals surface area (Å²) >= 11 is 1.40. The molecule has 0 bridgehead atoms. The van der Waals surface area contributed by atoms with E-state index in [2.05, 4.69) is 44.5 Å². The van der Waals surface area contributed by atoms with Crippen molar-refractivity contribution in [3.8, 4) is 0 Å². The third kappa shape index (κ3) is 5.46. The summed E-state index contributed by atoms with van der Waals surface area (Å²) in [6, 6.07) is 16.5. The molecule has 1 saturated heterocycles. The van der Waals surface area contributed by atoms with Crippen molar-refractivity contribution in [2.45, 2.75) is 43.3 Å². The van der Waals surface area contributed by atoms with Crippen LogP contribution >= 0.6 is 11.8 Å². The Hall–Kier alpha value is -3.10. The SMILES string of the molecule is Cc1ccc2oc(SCc3nc(C(=O)NC4CCN(Cc5ccccc5)CC4)co3)nc2c1. The minimum atomic E-state index is -0.186. The molecular formula is C25H26N4O3S. The van der Waals surface area contributed by atoms with E-state index in [1.165, 1.54) is 23.6 Å². The number of nitrogens with zero attached hydrogens (tertiary/aromatic N) is 3. The van der Waals surface area contributed by atoms with Gasteiger partial charge in [-0.05, 0) is 43.0 Å². The predicted molar refractivity (Wildman–Crippen MR) is 127 cm³/mol. The van der Waals surface area contributed by atoms with Crippen molar-refractivity contribution in [2.24, 2.45) is 0 Å². The number of carbonyl (C=O) groups is 1. The van der Waals surface area contributed by atoms with Crippen molar-refractivity contribution in [1.82, 2.24) is 20.2 Å². The van der Waals surface area contributed by atoms with E-state index in [-0.39, 0.29) is 11.9 Å². The maximum Gasteiger partial charge on any atom is 0.273 e. The molecule has 7 nitrogen and oxygen atoms in total. The molecule has 1 N–H and O–H groups in total. The van der Waals surface area contributed by atoms with Gasteiger partial charge in [0.05, 0.1) is 5.75 Å². The second-order valence-corrected chi connectivity index (χ2v) is 9.30. The van der Waals surface area contributed by atoms with Crippen LogP contribution in [0.1, 0.15) is 40.3 Å². The van der Waals surface area contributed by atoms with Crippen molar-refractivity contribution in [3.63, 3.8) is 0 Å². The van der Waals surface area contributed by atoms with Crippen LogP contribution in [0.15, 0.2) is 68.9 Å². The number of rotatable bonds is 7. The maximum absolute atomic E-state index is 12.6. The van der Waals surface area contributed by atoms with Gasteiger partial charge in [0.25, 0.3) is 11.1 Å². The van der Waals surface area contributed by atoms with Gasteiger partial charge in [-0.1, -0.05) is 48.2 Å². The van der Waals surface area contributed by atoms with E-state index in [1.807, 2.05) is 31.2 Å². The first-order valence-electron chi connectivity index (χ1n) is 11.1. The summed E-state index contributed by atoms with van der Waals surface area (Å²) in [5, 5.41) is 3.66. The van der Waals surface area contributed by atoms with Gasteiger partial charge < -0.3 is 14.2 Å². The highest BCUT2D eigenvalue weighted by molar-refractivity contribution is 7.98. The third-order valence-electron chi connectivity index (χ3n) is 5.80. The highest BCUT2D eigenvalue weighted by atomic mass is 32.2. The van der Waals surface area contributed by atoms with Crippen LogP contribution in [0.5, 0.6) is 0 Å². The summed E-state index contributed by atoms with van der Waals surface area (Å²) in [6.07, 6.45) is 3.28. The molecule has 33 heavy (non-hydrogen) atoms. The number of aromatic nitrogens is 2. The number of oxazole rings is 2. The maximum atomic E-state index is 12.6. The highest BCUT2D eigenvalue weighted by Crippen LogP contribution is 2.26. The van der Waals surface area contributed by atoms with Gasteiger partial charge in [0.1, 0.15) is 11.8 Å². The molecule has 0 aliphatic carbocycles. The van der Waals surface area contributed by atoms with E-state index in [0.717, 1.165) is 49.1 Å². The molecule has 0 atom stereocenters. The number of aryl methyl sites for hydroxylation is 1. The Morgan fingerprint density at radius 1 is 1.15 bits per heavy atom. The van der Waals surface area contributed by atoms with Crippen molar-refractivity contribution in [1.29, 1.82) is 0 Å². The summed E-state index contributed by atoms with van der Waals surface area (Å²) in [4.78, 5) is 23.9. The Kier molecular flexibility index (Phi) is 6.46. The van der Waals surface area contributed by atoms with E-state index in [9.17, 15) is 4.79 Å². The Labute approximate surface area is 196 Å². The number of fused-ring (bicyclic) bond motifs is 1. The average molecular weight is 463 g/mol. The Morgan fingerprint density at radius 3 is 2.79 bits per heavy atom. The molecule has 2 aromatic carbocycles. The van der Waals surface area contributed by atoms with Crippen molar-refractivity contribution < 1.29 is 13.6 Å². The number of hydrogen-bond donors (Lipinski definition) is 1. The molecule has 1 aliphatic heterocycles. The molecule has 3 heterocycles. The fraction of sp³-hybridized carbons (Fsp3) is 0.320. The van der Waals surface area contributed by atoms with E-state index in [4.69, 9.17) is 8.83 Å². The van der Waals surface area contributed by atoms with Crippen molar-refractivity contribution in [2.75, 3.05) is 13.1 Å². The van der Waals surface area contributed by atoms with Gasteiger partial charge in [0, 0.05) is 25.7 Å². The zero-order valence-electron chi connectivity index (χ0n) is 18.5. The quantitative estimate of drug-likeness (QED) is 0.395. The largest absolute Gasteiger partial charge is 0.447 e. The lowest BCUT2D eigenvalue weighted by Crippen LogP contribution is -2.44. The Morgan fingerprint density at radius 2 is 1.97 bits per heavy atom. The standard InChI is InChI=1S/C25H26N4O3S/c1-17-7-8-22-20(13-17)28-25(32-22)33-16-23-27-21(15-31-23)24(30)26-19-9-11-29(12-10-19)14-18-5-3-2-4-6-18/h2-8,13,15,19H,9-12,14,16H2,1H3,(H,26,30). The summed E-state index contributed by atoms with van der Waals surface area (Å²) in [7, 11) is 0. The topological polar surface area (TPSA) is 84.4 Å². The number of benzene rings is 2. The molecule has 1 fully saturated rings. The average Bonchev–Trinajstić information content (AvgIpc) is 3.46. The van der Waals surface area contributed by atoms with E-state index in [1.54, 1.807) is 0 Å². The monoisotopic (exact) mass is 462 g/mol. The summed E-state index contributed by atoms with van der Waals surface area (Å²) < 4.78 is 11.2. The number of piperidine rings is 1. The molecule has 0 unspecified atom stereocenters. The normalized spacial score (nSPS) is 15.2. The minimum absolute atomic E-state index is 0.155. The Bertz CT molecular complexity index is 1230. The van der Waals surface area contributed by atoms with Crippen LogP contribution < -0.4 is 5.32 Å². The van der Waals surface area contributed by atoms with E-state index in [0.29, 0.717) is 22.6 Å². The second kappa shape index (κ2) is 9.80. The summed E-state index contributed by atoms with van der Waals surface area (Å²) in [6.45, 7) is 4.90. The van der Waals surface area contributed by atoms with Crippen LogP contribution in [0.25, 0.3) is 11.1 Å². The second-order valence-electron chi connectivity index (χ2n) is 8.38. The van der Waals surface area contributed by atoms with Crippen LogP contribution in [0.2, 0.25) is 0 Å². The molecule has 2 aromatic heterocycles. The predicted octanol–water partition coefficient (Wildman–Crippen LogP) is 4.81. The molecule has 1 aliphatic rings. The summed E-state index contributed by atoms with van der Waals surface area (Å²) in [5.41, 5.74) is 4.36. The number of nitrogens with one attached hydrogen (secondary N) is 1. The molecule has 0 radical (unpaired) electrons. The number of hydrogen-bond acceptors (Lipinski definition) is 7. The first kappa shape index (κ1) is 21.7. The van der Waals surface area contributed by atoms with Gasteiger partial charge >= 0.3 is 0 Å². The minimum Gasteiger partial charge on any atom is -0.447 e. The van der Waals surface area contributed by atoms with Gasteiger partial charge in [-0.3, -0.25) is 9.69 Å². The molecule has 4 aromatic rings. The van der Waals surface area contributed by atoms with Crippen LogP contribution in [0.4, 0.5) is 0 Å². The number of carbonyl (C=O) groups excluding carboxylic acids is 1. The van der Waals surface area contributed by atoms with Crippen molar-refractivity contribution in [3.05, 3.63) is 77.5 Å². The number of likely N-dealkylation sites (tertiary alicyclic amines) is 1. The van der Waals surface area contributed by atoms with Gasteiger partial charge in [0.15, 0.2) is 11.3 Å². The molecular weight excluding hydrogens is 436 g/mol. The molecule has 1 amide bonds. The molecule has 0 saturated carbocycles. The lowest BCUT2D eigenvalue weighted by molar-refractivity contribution is 0.0904. The fourth-order valence-electron chi connectivity index (χ4n) is 4.02. The highest BCUT2D eigenvalue weighted by Gasteiger charge is 2.22. The molecule has 170 valence electrons. The molecule has 8 heteroatoms. The lowest BCUT2D eigenvalue weighted by atomic mass is 10.0. The lowest BCUT2D eigenvalue weighted by Gasteiger charge is -2.32. The molecule has 0 spiro atoms. The van der Waals surface area contributed by atoms with Gasteiger partial charge in [0.2, 0.25) is 5.89 Å².